The van der Waals surface area contributed by atoms with Crippen LogP contribution >= 0.6 is 0 Å². The second-order valence-electron chi connectivity index (χ2n) is 7.11. The van der Waals surface area contributed by atoms with Crippen LogP contribution in [0, 0.1) is 0 Å². The first-order valence-corrected chi connectivity index (χ1v) is 12.1. The number of rotatable bonds is 25. The van der Waals surface area contributed by atoms with E-state index in [0.29, 0.717) is 98.1 Å². The SMILES string of the molecule is COC(=O)CCOCCOCCOCCOCCOCCOCCOCCOC(=O)c1ccccc1. The lowest BCUT2D eigenvalue weighted by Crippen LogP contribution is -2.15. The molecule has 11 heteroatoms. The molecule has 1 aromatic rings. The summed E-state index contributed by atoms with van der Waals surface area (Å²) >= 11 is 0. The van der Waals surface area contributed by atoms with Crippen molar-refractivity contribution < 1.29 is 52.2 Å². The van der Waals surface area contributed by atoms with E-state index in [1.807, 2.05) is 6.07 Å². The van der Waals surface area contributed by atoms with E-state index in [2.05, 4.69) is 4.74 Å². The Morgan fingerprint density at radius 3 is 1.28 bits per heavy atom. The van der Waals surface area contributed by atoms with E-state index in [4.69, 9.17) is 37.9 Å². The molecule has 0 unspecified atom stereocenters. The highest BCUT2D eigenvalue weighted by Crippen LogP contribution is 2.00. The Labute approximate surface area is 213 Å². The molecule has 0 aromatic heterocycles. The highest BCUT2D eigenvalue weighted by molar-refractivity contribution is 5.89. The van der Waals surface area contributed by atoms with Gasteiger partial charge < -0.3 is 42.6 Å². The molecule has 0 N–H and O–H groups in total. The second-order valence-corrected chi connectivity index (χ2v) is 7.11. The Morgan fingerprint density at radius 2 is 0.889 bits per heavy atom. The Kier molecular flexibility index (Phi) is 21.8. The van der Waals surface area contributed by atoms with Gasteiger partial charge in [-0.05, 0) is 12.1 Å². The van der Waals surface area contributed by atoms with Crippen molar-refractivity contribution in [2.24, 2.45) is 0 Å². The lowest BCUT2D eigenvalue weighted by molar-refractivity contribution is -0.141. The quantitative estimate of drug-likeness (QED) is 0.139. The lowest BCUT2D eigenvalue weighted by atomic mass is 10.2. The van der Waals surface area contributed by atoms with Crippen LogP contribution in [-0.4, -0.2) is 118 Å². The summed E-state index contributed by atoms with van der Waals surface area (Å²) in [6, 6.07) is 8.83. The Morgan fingerprint density at radius 1 is 0.528 bits per heavy atom. The molecule has 0 bridgehead atoms. The fourth-order valence-electron chi connectivity index (χ4n) is 2.53. The Balaban J connectivity index is 1.68. The summed E-state index contributed by atoms with van der Waals surface area (Å²) in [4.78, 5) is 22.6. The third kappa shape index (κ3) is 20.1. The van der Waals surface area contributed by atoms with Crippen molar-refractivity contribution in [3.05, 3.63) is 35.9 Å². The predicted molar refractivity (Wildman–Crippen MR) is 129 cm³/mol. The maximum atomic E-state index is 11.7. The fraction of sp³-hybridized carbons (Fsp3) is 0.680. The topological polar surface area (TPSA) is 117 Å². The molecule has 11 nitrogen and oxygen atoms in total. The van der Waals surface area contributed by atoms with Crippen molar-refractivity contribution in [2.75, 3.05) is 106 Å². The van der Waals surface area contributed by atoms with Crippen molar-refractivity contribution in [1.82, 2.24) is 0 Å². The molecule has 0 radical (unpaired) electrons. The van der Waals surface area contributed by atoms with E-state index >= 15 is 0 Å². The first kappa shape index (κ1) is 31.9. The minimum Gasteiger partial charge on any atom is -0.469 e. The van der Waals surface area contributed by atoms with E-state index in [-0.39, 0.29) is 25.0 Å². The molecule has 0 fully saturated rings. The van der Waals surface area contributed by atoms with Crippen molar-refractivity contribution in [1.29, 1.82) is 0 Å². The summed E-state index contributed by atoms with van der Waals surface area (Å²) in [5, 5.41) is 0. The summed E-state index contributed by atoms with van der Waals surface area (Å²) in [5.41, 5.74) is 0.523. The van der Waals surface area contributed by atoms with Crippen LogP contribution in [0.4, 0.5) is 0 Å². The van der Waals surface area contributed by atoms with Gasteiger partial charge >= 0.3 is 11.9 Å². The van der Waals surface area contributed by atoms with E-state index in [0.717, 1.165) is 0 Å². The molecule has 0 spiro atoms. The number of hydrogen-bond donors (Lipinski definition) is 0. The van der Waals surface area contributed by atoms with Gasteiger partial charge in [-0.2, -0.15) is 0 Å². The summed E-state index contributed by atoms with van der Waals surface area (Å²) in [6.45, 7) is 6.37. The smallest absolute Gasteiger partial charge is 0.338 e. The second kappa shape index (κ2) is 24.6. The van der Waals surface area contributed by atoms with Crippen molar-refractivity contribution >= 4 is 11.9 Å². The lowest BCUT2D eigenvalue weighted by Gasteiger charge is -2.08. The molecule has 0 atom stereocenters. The van der Waals surface area contributed by atoms with Gasteiger partial charge in [0, 0.05) is 0 Å². The Bertz CT molecular complexity index is 642. The molecule has 1 aromatic carbocycles. The van der Waals surface area contributed by atoms with E-state index < -0.39 is 0 Å². The highest BCUT2D eigenvalue weighted by atomic mass is 16.6. The molecule has 1 rings (SSSR count). The molecule has 0 aliphatic carbocycles. The summed E-state index contributed by atoms with van der Waals surface area (Å²) in [6.07, 6.45) is 0.242. The van der Waals surface area contributed by atoms with Crippen molar-refractivity contribution in [3.63, 3.8) is 0 Å². The number of esters is 2. The Hall–Kier alpha value is -2.12. The summed E-state index contributed by atoms with van der Waals surface area (Å²) in [5.74, 6) is -0.647. The van der Waals surface area contributed by atoms with Crippen LogP contribution in [0.5, 0.6) is 0 Å². The van der Waals surface area contributed by atoms with Crippen LogP contribution < -0.4 is 0 Å². The first-order valence-electron chi connectivity index (χ1n) is 12.1. The third-order valence-corrected chi connectivity index (χ3v) is 4.38. The van der Waals surface area contributed by atoms with Gasteiger partial charge in [0.2, 0.25) is 0 Å². The zero-order valence-electron chi connectivity index (χ0n) is 21.2. The third-order valence-electron chi connectivity index (χ3n) is 4.38. The minimum absolute atomic E-state index is 0.200. The fourth-order valence-corrected chi connectivity index (χ4v) is 2.53. The molecule has 206 valence electrons. The normalized spacial score (nSPS) is 10.9. The monoisotopic (exact) mass is 516 g/mol. The average molecular weight is 517 g/mol. The van der Waals surface area contributed by atoms with Gasteiger partial charge in [0.1, 0.15) is 6.61 Å². The molecule has 0 saturated carbocycles. The predicted octanol–water partition coefficient (Wildman–Crippen LogP) is 1.52. The molecule has 0 saturated heterocycles. The van der Waals surface area contributed by atoms with Gasteiger partial charge in [-0.25, -0.2) is 4.79 Å². The van der Waals surface area contributed by atoms with Crippen LogP contribution in [0.25, 0.3) is 0 Å². The highest BCUT2D eigenvalue weighted by Gasteiger charge is 2.05. The molecule has 0 aliphatic rings. The largest absolute Gasteiger partial charge is 0.469 e. The van der Waals surface area contributed by atoms with E-state index in [1.165, 1.54) is 7.11 Å². The molecular formula is C25H40O11. The van der Waals surface area contributed by atoms with Crippen LogP contribution in [0.15, 0.2) is 30.3 Å². The van der Waals surface area contributed by atoms with Crippen molar-refractivity contribution in [2.45, 2.75) is 6.42 Å². The number of methoxy groups -OCH3 is 1. The maximum absolute atomic E-state index is 11.7. The van der Waals surface area contributed by atoms with E-state index in [9.17, 15) is 9.59 Å². The molecule has 0 amide bonds. The summed E-state index contributed by atoms with van der Waals surface area (Å²) in [7, 11) is 1.35. The number of ether oxygens (including phenoxy) is 9. The van der Waals surface area contributed by atoms with Gasteiger partial charge in [0.15, 0.2) is 0 Å². The molecule has 36 heavy (non-hydrogen) atoms. The van der Waals surface area contributed by atoms with Gasteiger partial charge in [-0.1, -0.05) is 18.2 Å². The van der Waals surface area contributed by atoms with Gasteiger partial charge in [0.25, 0.3) is 0 Å². The van der Waals surface area contributed by atoms with Gasteiger partial charge in [-0.3, -0.25) is 4.79 Å². The minimum atomic E-state index is -0.359. The summed E-state index contributed by atoms with van der Waals surface area (Å²) < 4.78 is 47.2. The number of benzene rings is 1. The van der Waals surface area contributed by atoms with Crippen LogP contribution in [0.2, 0.25) is 0 Å². The van der Waals surface area contributed by atoms with Gasteiger partial charge in [-0.15, -0.1) is 0 Å². The zero-order chi connectivity index (χ0) is 25.9. The molecular weight excluding hydrogens is 476 g/mol. The molecule has 0 heterocycles. The first-order chi connectivity index (χ1) is 17.7. The number of carbonyl (C=O) groups excluding carboxylic acids is 2. The standard InChI is InChI=1S/C25H40O11/c1-28-24(26)7-8-29-9-10-30-11-12-31-13-14-32-15-16-33-17-18-34-19-20-35-21-22-36-25(27)23-5-3-2-4-6-23/h2-6H,7-22H2,1H3. The van der Waals surface area contributed by atoms with E-state index in [1.54, 1.807) is 24.3 Å². The average Bonchev–Trinajstić information content (AvgIpc) is 2.91. The molecule has 0 aliphatic heterocycles. The van der Waals surface area contributed by atoms with Crippen molar-refractivity contribution in [3.8, 4) is 0 Å². The maximum Gasteiger partial charge on any atom is 0.338 e. The van der Waals surface area contributed by atoms with Crippen LogP contribution in [0.1, 0.15) is 16.8 Å². The van der Waals surface area contributed by atoms with Crippen LogP contribution in [-0.2, 0) is 47.4 Å². The number of carbonyl (C=O) groups is 2. The van der Waals surface area contributed by atoms with Crippen LogP contribution in [0.3, 0.4) is 0 Å². The zero-order valence-corrected chi connectivity index (χ0v) is 21.2. The number of hydrogen-bond acceptors (Lipinski definition) is 11. The van der Waals surface area contributed by atoms with Gasteiger partial charge in [0.05, 0.1) is 112 Å².